The van der Waals surface area contributed by atoms with E-state index >= 15 is 0 Å². The van der Waals surface area contributed by atoms with E-state index in [0.717, 1.165) is 39.2 Å². The zero-order valence-corrected chi connectivity index (χ0v) is 11.7. The number of morpholine rings is 1. The van der Waals surface area contributed by atoms with Crippen LogP contribution >= 0.6 is 0 Å². The molecule has 1 atom stereocenters. The van der Waals surface area contributed by atoms with Crippen LogP contribution in [0, 0.1) is 0 Å². The Morgan fingerprint density at radius 1 is 1.24 bits per heavy atom. The highest BCUT2D eigenvalue weighted by molar-refractivity contribution is 4.69. The first-order valence-electron chi connectivity index (χ1n) is 6.91. The highest BCUT2D eigenvalue weighted by Crippen LogP contribution is 2.04. The molecule has 102 valence electrons. The predicted molar refractivity (Wildman–Crippen MR) is 72.5 cm³/mol. The minimum Gasteiger partial charge on any atom is -0.376 e. The van der Waals surface area contributed by atoms with Gasteiger partial charge in [0.05, 0.1) is 12.7 Å². The van der Waals surface area contributed by atoms with Crippen LogP contribution in [0.5, 0.6) is 0 Å². The van der Waals surface area contributed by atoms with E-state index in [9.17, 15) is 0 Å². The molecule has 0 aromatic heterocycles. The average molecular weight is 243 g/mol. The number of hydrogen-bond donors (Lipinski definition) is 1. The summed E-state index contributed by atoms with van der Waals surface area (Å²) >= 11 is 0. The molecule has 1 N–H and O–H groups in total. The Labute approximate surface area is 106 Å². The van der Waals surface area contributed by atoms with E-state index in [2.05, 4.69) is 36.1 Å². The summed E-state index contributed by atoms with van der Waals surface area (Å²) in [5, 5.41) is 3.38. The first-order chi connectivity index (χ1) is 8.22. The molecule has 4 heteroatoms. The Morgan fingerprint density at radius 2 is 2.06 bits per heavy atom. The summed E-state index contributed by atoms with van der Waals surface area (Å²) < 4.78 is 5.72. The second-order valence-electron chi connectivity index (χ2n) is 5.08. The zero-order valence-electron chi connectivity index (χ0n) is 11.7. The number of hydrogen-bond acceptors (Lipinski definition) is 4. The van der Waals surface area contributed by atoms with Crippen LogP contribution in [0.3, 0.4) is 0 Å². The molecule has 0 amide bonds. The van der Waals surface area contributed by atoms with Crippen molar-refractivity contribution in [3.63, 3.8) is 0 Å². The normalized spacial score (nSPS) is 21.4. The van der Waals surface area contributed by atoms with Gasteiger partial charge in [-0.15, -0.1) is 0 Å². The van der Waals surface area contributed by atoms with Gasteiger partial charge in [-0.25, -0.2) is 0 Å². The van der Waals surface area contributed by atoms with Gasteiger partial charge in [0.15, 0.2) is 0 Å². The molecule has 4 nitrogen and oxygen atoms in total. The third kappa shape index (κ3) is 6.99. The molecule has 0 aromatic carbocycles. The fourth-order valence-corrected chi connectivity index (χ4v) is 2.17. The lowest BCUT2D eigenvalue weighted by Gasteiger charge is -2.27. The van der Waals surface area contributed by atoms with Crippen molar-refractivity contribution >= 4 is 0 Å². The van der Waals surface area contributed by atoms with Crippen molar-refractivity contribution in [2.75, 3.05) is 60.0 Å². The van der Waals surface area contributed by atoms with Crippen molar-refractivity contribution in [3.05, 3.63) is 0 Å². The number of ether oxygens (including phenoxy) is 1. The van der Waals surface area contributed by atoms with Gasteiger partial charge in [-0.05, 0) is 46.6 Å². The van der Waals surface area contributed by atoms with Crippen LogP contribution in [0.2, 0.25) is 0 Å². The van der Waals surface area contributed by atoms with Gasteiger partial charge in [0.1, 0.15) is 0 Å². The van der Waals surface area contributed by atoms with Gasteiger partial charge in [0.25, 0.3) is 0 Å². The van der Waals surface area contributed by atoms with Crippen LogP contribution in [0.15, 0.2) is 0 Å². The molecule has 0 spiro atoms. The summed E-state index contributed by atoms with van der Waals surface area (Å²) in [6, 6.07) is 0. The second-order valence-corrected chi connectivity index (χ2v) is 5.08. The Bertz CT molecular complexity index is 182. The van der Waals surface area contributed by atoms with Crippen molar-refractivity contribution < 1.29 is 4.74 Å². The molecule has 1 heterocycles. The fraction of sp³-hybridized carbons (Fsp3) is 1.00. The van der Waals surface area contributed by atoms with E-state index in [1.807, 2.05) is 0 Å². The van der Waals surface area contributed by atoms with Crippen molar-refractivity contribution in [2.45, 2.75) is 25.9 Å². The first-order valence-corrected chi connectivity index (χ1v) is 6.91. The molecule has 0 radical (unpaired) electrons. The fourth-order valence-electron chi connectivity index (χ4n) is 2.17. The highest BCUT2D eigenvalue weighted by atomic mass is 16.5. The lowest BCUT2D eigenvalue weighted by atomic mass is 10.2. The first kappa shape index (κ1) is 14.9. The van der Waals surface area contributed by atoms with E-state index < -0.39 is 0 Å². The van der Waals surface area contributed by atoms with Crippen LogP contribution in [-0.4, -0.2) is 75.9 Å². The van der Waals surface area contributed by atoms with Gasteiger partial charge < -0.3 is 19.9 Å². The Balaban J connectivity index is 2.08. The van der Waals surface area contributed by atoms with Crippen LogP contribution < -0.4 is 5.32 Å². The average Bonchev–Trinajstić information content (AvgIpc) is 2.34. The maximum Gasteiger partial charge on any atom is 0.0712 e. The number of rotatable bonds is 8. The van der Waals surface area contributed by atoms with Crippen LogP contribution in [0.1, 0.15) is 19.8 Å². The standard InChI is InChI=1S/C13H29N3O/c1-4-16(9-5-8-15(2)3)10-6-13-12-14-7-11-17-13/h13-14H,4-12H2,1-3H3. The van der Waals surface area contributed by atoms with E-state index in [1.54, 1.807) is 0 Å². The van der Waals surface area contributed by atoms with Gasteiger partial charge in [0, 0.05) is 19.6 Å². The van der Waals surface area contributed by atoms with E-state index in [-0.39, 0.29) is 0 Å². The summed E-state index contributed by atoms with van der Waals surface area (Å²) in [7, 11) is 4.27. The maximum absolute atomic E-state index is 5.72. The molecule has 1 saturated heterocycles. The number of nitrogens with zero attached hydrogens (tertiary/aromatic N) is 2. The van der Waals surface area contributed by atoms with E-state index in [1.165, 1.54) is 19.5 Å². The molecule has 1 aliphatic heterocycles. The van der Waals surface area contributed by atoms with Gasteiger partial charge in [-0.3, -0.25) is 0 Å². The van der Waals surface area contributed by atoms with E-state index in [4.69, 9.17) is 4.74 Å². The summed E-state index contributed by atoms with van der Waals surface area (Å²) in [5.74, 6) is 0. The lowest BCUT2D eigenvalue weighted by molar-refractivity contribution is 0.0175. The molecule has 0 aromatic rings. The predicted octanol–water partition coefficient (Wildman–Crippen LogP) is 0.639. The molecule has 1 unspecified atom stereocenters. The van der Waals surface area contributed by atoms with Gasteiger partial charge in [-0.1, -0.05) is 6.92 Å². The Hall–Kier alpha value is -0.160. The summed E-state index contributed by atoms with van der Waals surface area (Å²) in [5.41, 5.74) is 0. The summed E-state index contributed by atoms with van der Waals surface area (Å²) in [6.07, 6.45) is 2.83. The topological polar surface area (TPSA) is 27.7 Å². The van der Waals surface area contributed by atoms with Crippen LogP contribution in [0.25, 0.3) is 0 Å². The van der Waals surface area contributed by atoms with Crippen LogP contribution in [0.4, 0.5) is 0 Å². The summed E-state index contributed by atoms with van der Waals surface area (Å²) in [4.78, 5) is 4.78. The molecule has 0 saturated carbocycles. The van der Waals surface area contributed by atoms with Gasteiger partial charge in [0.2, 0.25) is 0 Å². The lowest BCUT2D eigenvalue weighted by Crippen LogP contribution is -2.40. The maximum atomic E-state index is 5.72. The minimum absolute atomic E-state index is 0.423. The van der Waals surface area contributed by atoms with Crippen LogP contribution in [-0.2, 0) is 4.74 Å². The van der Waals surface area contributed by atoms with Crippen molar-refractivity contribution in [3.8, 4) is 0 Å². The molecular weight excluding hydrogens is 214 g/mol. The zero-order chi connectivity index (χ0) is 12.5. The Kier molecular flexibility index (Phi) is 7.77. The summed E-state index contributed by atoms with van der Waals surface area (Å²) in [6.45, 7) is 9.84. The smallest absolute Gasteiger partial charge is 0.0712 e. The monoisotopic (exact) mass is 243 g/mol. The molecule has 1 rings (SSSR count). The SMILES string of the molecule is CCN(CCCN(C)C)CCC1CNCCO1. The molecule has 17 heavy (non-hydrogen) atoms. The largest absolute Gasteiger partial charge is 0.376 e. The minimum atomic E-state index is 0.423. The molecule has 1 fully saturated rings. The number of nitrogens with one attached hydrogen (secondary N) is 1. The second kappa shape index (κ2) is 8.86. The molecule has 0 aliphatic carbocycles. The van der Waals surface area contributed by atoms with Crippen molar-refractivity contribution in [2.24, 2.45) is 0 Å². The molecule has 0 bridgehead atoms. The van der Waals surface area contributed by atoms with E-state index in [0.29, 0.717) is 6.10 Å². The Morgan fingerprint density at radius 3 is 2.65 bits per heavy atom. The molecular formula is C13H29N3O. The third-order valence-corrected chi connectivity index (χ3v) is 3.30. The van der Waals surface area contributed by atoms with Gasteiger partial charge in [-0.2, -0.15) is 0 Å². The highest BCUT2D eigenvalue weighted by Gasteiger charge is 2.14. The van der Waals surface area contributed by atoms with Crippen molar-refractivity contribution in [1.29, 1.82) is 0 Å². The third-order valence-electron chi connectivity index (χ3n) is 3.30. The van der Waals surface area contributed by atoms with Crippen molar-refractivity contribution in [1.82, 2.24) is 15.1 Å². The molecule has 1 aliphatic rings. The quantitative estimate of drug-likeness (QED) is 0.677. The van der Waals surface area contributed by atoms with Gasteiger partial charge >= 0.3 is 0 Å².